The van der Waals surface area contributed by atoms with Gasteiger partial charge < -0.3 is 21.3 Å². The summed E-state index contributed by atoms with van der Waals surface area (Å²) in [6, 6.07) is 13.4. The van der Waals surface area contributed by atoms with Crippen molar-refractivity contribution in [1.82, 2.24) is 19.4 Å². The molecule has 1 fully saturated rings. The van der Waals surface area contributed by atoms with Gasteiger partial charge in [0.05, 0.1) is 10.6 Å². The number of aromatic nitrogens is 4. The first-order valence-electron chi connectivity index (χ1n) is 11.7. The molecule has 1 saturated heterocycles. The van der Waals surface area contributed by atoms with E-state index in [1.165, 1.54) is 37.1 Å². The van der Waals surface area contributed by atoms with Gasteiger partial charge >= 0.3 is 5.69 Å². The lowest BCUT2D eigenvalue weighted by Gasteiger charge is -2.28. The van der Waals surface area contributed by atoms with Gasteiger partial charge in [0.15, 0.2) is 0 Å². The molecule has 0 aliphatic carbocycles. The van der Waals surface area contributed by atoms with Crippen molar-refractivity contribution in [2.75, 3.05) is 47.4 Å². The number of nitrogen functional groups attached to an aromatic ring is 1. The minimum absolute atomic E-state index is 0.117. The zero-order valence-electron chi connectivity index (χ0n) is 19.2. The lowest BCUT2D eigenvalue weighted by Crippen LogP contribution is -2.29. The van der Waals surface area contributed by atoms with Gasteiger partial charge in [0.2, 0.25) is 11.8 Å². The Morgan fingerprint density at radius 1 is 1.00 bits per heavy atom. The fraction of sp³-hybridized carbons (Fsp3) is 0.292. The molecule has 0 radical (unpaired) electrons. The van der Waals surface area contributed by atoms with E-state index >= 15 is 0 Å². The largest absolute Gasteiger partial charge is 0.378 e. The number of nitro groups is 1. The second-order valence-electron chi connectivity index (χ2n) is 8.43. The fourth-order valence-corrected chi connectivity index (χ4v) is 4.28. The zero-order chi connectivity index (χ0) is 24.2. The summed E-state index contributed by atoms with van der Waals surface area (Å²) in [5, 5.41) is 17.3. The van der Waals surface area contributed by atoms with Crippen LogP contribution in [-0.4, -0.2) is 50.5 Å². The number of hydrogen-bond acceptors (Lipinski definition) is 9. The molecule has 11 nitrogen and oxygen atoms in total. The van der Waals surface area contributed by atoms with Crippen molar-refractivity contribution in [3.05, 3.63) is 65.0 Å². The van der Waals surface area contributed by atoms with Gasteiger partial charge in [0.1, 0.15) is 11.5 Å². The molecular weight excluding hydrogens is 446 g/mol. The van der Waals surface area contributed by atoms with Crippen LogP contribution in [0.3, 0.4) is 0 Å². The number of piperidine rings is 1. The molecule has 180 valence electrons. The SMILES string of the molecule is Nc1nc(NCCNc2nc(-c3ccc(N4CCCCC4)cc3)cc3nccn23)ccc1[N+](=O)[O-]. The maximum absolute atomic E-state index is 10.9. The Morgan fingerprint density at radius 3 is 2.51 bits per heavy atom. The van der Waals surface area contributed by atoms with E-state index in [-0.39, 0.29) is 11.5 Å². The van der Waals surface area contributed by atoms with E-state index in [1.807, 2.05) is 16.7 Å². The monoisotopic (exact) mass is 473 g/mol. The van der Waals surface area contributed by atoms with Crippen LogP contribution in [0.25, 0.3) is 16.9 Å². The third-order valence-corrected chi connectivity index (χ3v) is 6.09. The van der Waals surface area contributed by atoms with E-state index in [1.54, 1.807) is 6.20 Å². The van der Waals surface area contributed by atoms with Gasteiger partial charge in [-0.2, -0.15) is 0 Å². The summed E-state index contributed by atoms with van der Waals surface area (Å²) in [5.74, 6) is 1.03. The summed E-state index contributed by atoms with van der Waals surface area (Å²) in [7, 11) is 0. The number of hydrogen-bond donors (Lipinski definition) is 3. The molecule has 11 heteroatoms. The van der Waals surface area contributed by atoms with Crippen LogP contribution in [-0.2, 0) is 0 Å². The molecule has 0 unspecified atom stereocenters. The van der Waals surface area contributed by atoms with Crippen LogP contribution in [0.2, 0.25) is 0 Å². The predicted molar refractivity (Wildman–Crippen MR) is 137 cm³/mol. The first kappa shape index (κ1) is 22.4. The summed E-state index contributed by atoms with van der Waals surface area (Å²) < 4.78 is 1.90. The van der Waals surface area contributed by atoms with Gasteiger partial charge in [-0.05, 0) is 37.5 Å². The first-order chi connectivity index (χ1) is 17.1. The predicted octanol–water partition coefficient (Wildman–Crippen LogP) is 3.80. The molecular formula is C24H27N9O2. The van der Waals surface area contributed by atoms with Crippen molar-refractivity contribution < 1.29 is 4.92 Å². The number of nitrogens with one attached hydrogen (secondary N) is 2. The van der Waals surface area contributed by atoms with E-state index in [0.29, 0.717) is 24.9 Å². The number of nitrogens with zero attached hydrogens (tertiary/aromatic N) is 6. The molecule has 4 heterocycles. The Kier molecular flexibility index (Phi) is 6.29. The minimum Gasteiger partial charge on any atom is -0.378 e. The molecule has 0 atom stereocenters. The summed E-state index contributed by atoms with van der Waals surface area (Å²) in [5.41, 5.74) is 9.38. The van der Waals surface area contributed by atoms with Gasteiger partial charge in [-0.1, -0.05) is 12.1 Å². The quantitative estimate of drug-likeness (QED) is 0.198. The molecule has 0 amide bonds. The molecule has 0 bridgehead atoms. The average Bonchev–Trinajstić information content (AvgIpc) is 3.36. The summed E-state index contributed by atoms with van der Waals surface area (Å²) >= 11 is 0. The van der Waals surface area contributed by atoms with Gasteiger partial charge in [-0.25, -0.2) is 15.0 Å². The first-order valence-corrected chi connectivity index (χ1v) is 11.7. The van der Waals surface area contributed by atoms with Crippen LogP contribution in [0.4, 0.5) is 29.0 Å². The Morgan fingerprint density at radius 2 is 1.77 bits per heavy atom. The Labute approximate surface area is 202 Å². The molecule has 4 aromatic rings. The Bertz CT molecular complexity index is 1330. The van der Waals surface area contributed by atoms with E-state index in [4.69, 9.17) is 10.7 Å². The van der Waals surface area contributed by atoms with Crippen molar-refractivity contribution in [3.63, 3.8) is 0 Å². The lowest BCUT2D eigenvalue weighted by atomic mass is 10.1. The van der Waals surface area contributed by atoms with Crippen molar-refractivity contribution in [3.8, 4) is 11.3 Å². The number of pyridine rings is 1. The highest BCUT2D eigenvalue weighted by molar-refractivity contribution is 5.68. The molecule has 1 aliphatic heterocycles. The van der Waals surface area contributed by atoms with Gasteiger partial charge in [0, 0.05) is 62.0 Å². The van der Waals surface area contributed by atoms with Crippen LogP contribution in [0, 0.1) is 10.1 Å². The molecule has 0 spiro atoms. The zero-order valence-corrected chi connectivity index (χ0v) is 19.2. The number of anilines is 4. The number of rotatable bonds is 8. The van der Waals surface area contributed by atoms with Crippen molar-refractivity contribution >= 4 is 34.6 Å². The second kappa shape index (κ2) is 9.84. The molecule has 0 saturated carbocycles. The van der Waals surface area contributed by atoms with Crippen molar-refractivity contribution in [2.45, 2.75) is 19.3 Å². The molecule has 4 N–H and O–H groups in total. The molecule has 1 aromatic carbocycles. The van der Waals surface area contributed by atoms with Crippen LogP contribution in [0.1, 0.15) is 19.3 Å². The van der Waals surface area contributed by atoms with Gasteiger partial charge in [-0.3, -0.25) is 14.5 Å². The third-order valence-electron chi connectivity index (χ3n) is 6.09. The Hall–Kier alpha value is -4.41. The standard InChI is InChI=1S/C24H27N9O2/c25-23-20(33(34)35)8-9-21(30-23)26-10-11-28-24-29-19(16-22-27-12-15-32(22)24)17-4-6-18(7-5-17)31-13-2-1-3-14-31/h4-9,12,15-16H,1-3,10-11,13-14H2,(H,28,29)(H3,25,26,30). The van der Waals surface area contributed by atoms with Crippen LogP contribution in [0.15, 0.2) is 54.9 Å². The smallest absolute Gasteiger partial charge is 0.311 e. The highest BCUT2D eigenvalue weighted by Gasteiger charge is 2.14. The molecule has 5 rings (SSSR count). The summed E-state index contributed by atoms with van der Waals surface area (Å²) in [4.78, 5) is 26.1. The second-order valence-corrected chi connectivity index (χ2v) is 8.43. The van der Waals surface area contributed by atoms with E-state index in [0.717, 1.165) is 30.0 Å². The highest BCUT2D eigenvalue weighted by Crippen LogP contribution is 2.26. The van der Waals surface area contributed by atoms with Crippen molar-refractivity contribution in [2.24, 2.45) is 0 Å². The minimum atomic E-state index is -0.552. The normalized spacial score (nSPS) is 13.7. The maximum atomic E-state index is 10.9. The number of fused-ring (bicyclic) bond motifs is 1. The lowest BCUT2D eigenvalue weighted by molar-refractivity contribution is -0.384. The van der Waals surface area contributed by atoms with Gasteiger partial charge in [-0.15, -0.1) is 0 Å². The number of benzene rings is 1. The van der Waals surface area contributed by atoms with Crippen LogP contribution < -0.4 is 21.3 Å². The van der Waals surface area contributed by atoms with E-state index < -0.39 is 4.92 Å². The average molecular weight is 474 g/mol. The van der Waals surface area contributed by atoms with Crippen LogP contribution in [0.5, 0.6) is 0 Å². The number of imidazole rings is 1. The summed E-state index contributed by atoms with van der Waals surface area (Å²) in [6.07, 6.45) is 7.41. The highest BCUT2D eigenvalue weighted by atomic mass is 16.6. The maximum Gasteiger partial charge on any atom is 0.311 e. The summed E-state index contributed by atoms with van der Waals surface area (Å²) in [6.45, 7) is 3.27. The number of nitrogens with two attached hydrogens (primary N) is 1. The fourth-order valence-electron chi connectivity index (χ4n) is 4.28. The molecule has 35 heavy (non-hydrogen) atoms. The van der Waals surface area contributed by atoms with Crippen molar-refractivity contribution in [1.29, 1.82) is 0 Å². The van der Waals surface area contributed by atoms with E-state index in [2.05, 4.69) is 49.8 Å². The molecule has 3 aromatic heterocycles. The van der Waals surface area contributed by atoms with E-state index in [9.17, 15) is 10.1 Å². The van der Waals surface area contributed by atoms with Gasteiger partial charge in [0.25, 0.3) is 0 Å². The molecule has 1 aliphatic rings. The van der Waals surface area contributed by atoms with Crippen LogP contribution >= 0.6 is 0 Å². The topological polar surface area (TPSA) is 140 Å². The third kappa shape index (κ3) is 4.93. The Balaban J connectivity index is 1.27.